The average molecular weight is 193 g/mol. The minimum absolute atomic E-state index is 0.631. The Morgan fingerprint density at radius 2 is 2.46 bits per heavy atom. The molecule has 0 saturated heterocycles. The summed E-state index contributed by atoms with van der Waals surface area (Å²) in [6.07, 6.45) is 3.90. The number of thiophene rings is 1. The molecule has 0 aliphatic rings. The van der Waals surface area contributed by atoms with Crippen LogP contribution in [0.4, 0.5) is 0 Å². The van der Waals surface area contributed by atoms with Gasteiger partial charge in [0.1, 0.15) is 0 Å². The zero-order valence-electron chi connectivity index (χ0n) is 7.18. The molecule has 0 unspecified atom stereocenters. The molecular weight excluding hydrogens is 182 g/mol. The van der Waals surface area contributed by atoms with E-state index in [1.165, 1.54) is 10.4 Å². The quantitative estimate of drug-likeness (QED) is 0.804. The highest BCUT2D eigenvalue weighted by Gasteiger charge is 2.00. The summed E-state index contributed by atoms with van der Waals surface area (Å²) in [7, 11) is 0. The van der Waals surface area contributed by atoms with Crippen LogP contribution in [0.2, 0.25) is 0 Å². The first kappa shape index (κ1) is 8.47. The van der Waals surface area contributed by atoms with Crippen LogP contribution < -0.4 is 5.73 Å². The summed E-state index contributed by atoms with van der Waals surface area (Å²) in [6.45, 7) is 1.41. The van der Waals surface area contributed by atoms with Crippen molar-refractivity contribution in [1.82, 2.24) is 9.78 Å². The van der Waals surface area contributed by atoms with E-state index in [4.69, 9.17) is 5.73 Å². The summed E-state index contributed by atoms with van der Waals surface area (Å²) in [4.78, 5) is 1.25. The second-order valence-electron chi connectivity index (χ2n) is 2.76. The Bertz CT molecular complexity index is 364. The fraction of sp³-hybridized carbons (Fsp3) is 0.222. The molecule has 0 radical (unpaired) electrons. The van der Waals surface area contributed by atoms with E-state index in [2.05, 4.69) is 16.5 Å². The Balaban J connectivity index is 2.23. The normalized spacial score (nSPS) is 10.5. The zero-order chi connectivity index (χ0) is 9.10. The highest BCUT2D eigenvalue weighted by Crippen LogP contribution is 2.23. The van der Waals surface area contributed by atoms with Crippen molar-refractivity contribution >= 4 is 11.3 Å². The van der Waals surface area contributed by atoms with Gasteiger partial charge in [0.15, 0.2) is 0 Å². The summed E-state index contributed by atoms with van der Waals surface area (Å²) in [5, 5.41) is 6.27. The highest BCUT2D eigenvalue weighted by atomic mass is 32.1. The van der Waals surface area contributed by atoms with Gasteiger partial charge in [0.05, 0.1) is 12.7 Å². The maximum atomic E-state index is 5.43. The number of hydrogen-bond acceptors (Lipinski definition) is 3. The van der Waals surface area contributed by atoms with Crippen LogP contribution >= 0.6 is 11.3 Å². The molecule has 0 spiro atoms. The van der Waals surface area contributed by atoms with Crippen LogP contribution in [-0.2, 0) is 6.54 Å². The van der Waals surface area contributed by atoms with Gasteiger partial charge in [0.25, 0.3) is 0 Å². The lowest BCUT2D eigenvalue weighted by Gasteiger charge is -1.94. The molecule has 68 valence electrons. The van der Waals surface area contributed by atoms with Gasteiger partial charge in [-0.2, -0.15) is 5.10 Å². The molecule has 2 N–H and O–H groups in total. The van der Waals surface area contributed by atoms with E-state index in [-0.39, 0.29) is 0 Å². The van der Waals surface area contributed by atoms with Gasteiger partial charge in [0.2, 0.25) is 0 Å². The van der Waals surface area contributed by atoms with E-state index >= 15 is 0 Å². The van der Waals surface area contributed by atoms with E-state index in [9.17, 15) is 0 Å². The van der Waals surface area contributed by atoms with E-state index < -0.39 is 0 Å². The molecule has 0 aliphatic heterocycles. The lowest BCUT2D eigenvalue weighted by atomic mass is 10.3. The molecule has 0 fully saturated rings. The summed E-state index contributed by atoms with van der Waals surface area (Å²) in [5.74, 6) is 0. The van der Waals surface area contributed by atoms with Crippen molar-refractivity contribution in [3.8, 4) is 10.4 Å². The summed E-state index contributed by atoms with van der Waals surface area (Å²) >= 11 is 1.72. The Morgan fingerprint density at radius 3 is 3.15 bits per heavy atom. The van der Waals surface area contributed by atoms with Gasteiger partial charge in [-0.3, -0.25) is 4.68 Å². The Kier molecular flexibility index (Phi) is 2.42. The fourth-order valence-electron chi connectivity index (χ4n) is 1.19. The van der Waals surface area contributed by atoms with Gasteiger partial charge in [-0.1, -0.05) is 6.07 Å². The predicted octanol–water partition coefficient (Wildman–Crippen LogP) is 1.57. The van der Waals surface area contributed by atoms with Gasteiger partial charge in [-0.25, -0.2) is 0 Å². The standard InChI is InChI=1S/C9H11N3S/c10-3-4-12-7-8(6-11-12)9-2-1-5-13-9/h1-2,5-7H,3-4,10H2. The fourth-order valence-corrected chi connectivity index (χ4v) is 1.89. The van der Waals surface area contributed by atoms with Crippen LogP contribution in [0.1, 0.15) is 0 Å². The second-order valence-corrected chi connectivity index (χ2v) is 3.71. The third-order valence-corrected chi connectivity index (χ3v) is 2.72. The maximum Gasteiger partial charge on any atom is 0.0576 e. The topological polar surface area (TPSA) is 43.8 Å². The number of aromatic nitrogens is 2. The third kappa shape index (κ3) is 1.79. The SMILES string of the molecule is NCCn1cc(-c2cccs2)cn1. The largest absolute Gasteiger partial charge is 0.329 e. The number of rotatable bonds is 3. The van der Waals surface area contributed by atoms with Crippen molar-refractivity contribution < 1.29 is 0 Å². The molecule has 0 bridgehead atoms. The molecule has 2 aromatic rings. The monoisotopic (exact) mass is 193 g/mol. The van der Waals surface area contributed by atoms with E-state index in [0.29, 0.717) is 6.54 Å². The van der Waals surface area contributed by atoms with Crippen LogP contribution in [0.5, 0.6) is 0 Å². The molecule has 2 heterocycles. The van der Waals surface area contributed by atoms with Gasteiger partial charge >= 0.3 is 0 Å². The Hall–Kier alpha value is -1.13. The second kappa shape index (κ2) is 3.72. The molecule has 2 aromatic heterocycles. The van der Waals surface area contributed by atoms with Crippen LogP contribution in [-0.4, -0.2) is 16.3 Å². The first-order valence-corrected chi connectivity index (χ1v) is 5.04. The Morgan fingerprint density at radius 1 is 1.54 bits per heavy atom. The molecule has 3 nitrogen and oxygen atoms in total. The number of nitrogens with zero attached hydrogens (tertiary/aromatic N) is 2. The van der Waals surface area contributed by atoms with Gasteiger partial charge in [-0.05, 0) is 11.4 Å². The molecule has 0 aliphatic carbocycles. The van der Waals surface area contributed by atoms with Crippen molar-refractivity contribution in [3.63, 3.8) is 0 Å². The van der Waals surface area contributed by atoms with Crippen LogP contribution in [0.25, 0.3) is 10.4 Å². The average Bonchev–Trinajstić information content (AvgIpc) is 2.70. The lowest BCUT2D eigenvalue weighted by Crippen LogP contribution is -2.09. The van der Waals surface area contributed by atoms with E-state index in [0.717, 1.165) is 6.54 Å². The van der Waals surface area contributed by atoms with Gasteiger partial charge in [0, 0.05) is 23.2 Å². The van der Waals surface area contributed by atoms with Gasteiger partial charge in [-0.15, -0.1) is 11.3 Å². The summed E-state index contributed by atoms with van der Waals surface area (Å²) < 4.78 is 1.87. The molecule has 2 rings (SSSR count). The van der Waals surface area contributed by atoms with Crippen LogP contribution in [0.15, 0.2) is 29.9 Å². The maximum absolute atomic E-state index is 5.43. The van der Waals surface area contributed by atoms with Crippen LogP contribution in [0.3, 0.4) is 0 Å². The zero-order valence-corrected chi connectivity index (χ0v) is 8.00. The molecule has 4 heteroatoms. The number of hydrogen-bond donors (Lipinski definition) is 1. The molecule has 0 amide bonds. The molecule has 0 atom stereocenters. The molecule has 0 aromatic carbocycles. The highest BCUT2D eigenvalue weighted by molar-refractivity contribution is 7.13. The van der Waals surface area contributed by atoms with E-state index in [1.54, 1.807) is 11.3 Å². The third-order valence-electron chi connectivity index (χ3n) is 1.80. The lowest BCUT2D eigenvalue weighted by molar-refractivity contribution is 0.625. The molecular formula is C9H11N3S. The molecule has 13 heavy (non-hydrogen) atoms. The minimum atomic E-state index is 0.631. The van der Waals surface area contributed by atoms with E-state index in [1.807, 2.05) is 23.1 Å². The smallest absolute Gasteiger partial charge is 0.0576 e. The van der Waals surface area contributed by atoms with Crippen molar-refractivity contribution in [3.05, 3.63) is 29.9 Å². The predicted molar refractivity (Wildman–Crippen MR) is 54.6 cm³/mol. The van der Waals surface area contributed by atoms with Gasteiger partial charge < -0.3 is 5.73 Å². The summed E-state index contributed by atoms with van der Waals surface area (Å²) in [5.41, 5.74) is 6.60. The Labute approximate surface area is 80.8 Å². The number of nitrogens with two attached hydrogens (primary N) is 1. The van der Waals surface area contributed by atoms with Crippen molar-refractivity contribution in [2.24, 2.45) is 5.73 Å². The first-order valence-electron chi connectivity index (χ1n) is 4.16. The minimum Gasteiger partial charge on any atom is -0.329 e. The van der Waals surface area contributed by atoms with Crippen molar-refractivity contribution in [1.29, 1.82) is 0 Å². The van der Waals surface area contributed by atoms with Crippen LogP contribution in [0, 0.1) is 0 Å². The first-order chi connectivity index (χ1) is 6.40. The van der Waals surface area contributed by atoms with Crippen molar-refractivity contribution in [2.45, 2.75) is 6.54 Å². The van der Waals surface area contributed by atoms with Crippen molar-refractivity contribution in [2.75, 3.05) is 6.54 Å². The summed E-state index contributed by atoms with van der Waals surface area (Å²) in [6, 6.07) is 4.13. The molecule has 0 saturated carbocycles.